The van der Waals surface area contributed by atoms with Crippen molar-refractivity contribution in [3.8, 4) is 0 Å². The first kappa shape index (κ1) is 9.61. The van der Waals surface area contributed by atoms with Gasteiger partial charge in [0.05, 0.1) is 5.69 Å². The first-order chi connectivity index (χ1) is 6.83. The van der Waals surface area contributed by atoms with Crippen molar-refractivity contribution in [1.29, 1.82) is 0 Å². The molecular formula is C9H11BrN4. The maximum absolute atomic E-state index is 4.46. The summed E-state index contributed by atoms with van der Waals surface area (Å²) in [7, 11) is 1.93. The van der Waals surface area contributed by atoms with E-state index in [1.165, 1.54) is 0 Å². The molecule has 0 aromatic carbocycles. The fraction of sp³-hybridized carbons (Fsp3) is 0.333. The molecule has 0 aliphatic heterocycles. The maximum Gasteiger partial charge on any atom is 0.155 e. The summed E-state index contributed by atoms with van der Waals surface area (Å²) >= 11 is 3.49. The van der Waals surface area contributed by atoms with Gasteiger partial charge in [-0.15, -0.1) is 0 Å². The average molecular weight is 255 g/mol. The predicted molar refractivity (Wildman–Crippen MR) is 58.3 cm³/mol. The van der Waals surface area contributed by atoms with Crippen LogP contribution < -0.4 is 5.32 Å². The molecule has 0 unspecified atom stereocenters. The Morgan fingerprint density at radius 1 is 1.57 bits per heavy atom. The second-order valence-electron chi connectivity index (χ2n) is 3.00. The third kappa shape index (κ3) is 1.65. The number of halogens is 1. The highest BCUT2D eigenvalue weighted by atomic mass is 79.9. The van der Waals surface area contributed by atoms with Gasteiger partial charge in [-0.2, -0.15) is 5.10 Å². The molecule has 0 aliphatic carbocycles. The minimum Gasteiger partial charge on any atom is -0.319 e. The maximum atomic E-state index is 4.46. The largest absolute Gasteiger partial charge is 0.319 e. The SMILES string of the molecule is CNCCc1nc2cccnn2c1Br. The standard InChI is InChI=1S/C9H11BrN4/c1-11-6-4-7-9(10)14-8(13-7)3-2-5-12-14/h2-3,5,11H,4,6H2,1H3. The highest BCUT2D eigenvalue weighted by Gasteiger charge is 2.08. The van der Waals surface area contributed by atoms with Crippen molar-refractivity contribution in [3.05, 3.63) is 28.6 Å². The summed E-state index contributed by atoms with van der Waals surface area (Å²) in [6, 6.07) is 3.83. The fourth-order valence-corrected chi connectivity index (χ4v) is 1.87. The molecule has 2 aromatic rings. The number of hydrogen-bond donors (Lipinski definition) is 1. The molecule has 2 rings (SSSR count). The van der Waals surface area contributed by atoms with Gasteiger partial charge in [-0.1, -0.05) is 0 Å². The molecule has 0 fully saturated rings. The van der Waals surface area contributed by atoms with Gasteiger partial charge >= 0.3 is 0 Å². The molecule has 0 bridgehead atoms. The van der Waals surface area contributed by atoms with E-state index < -0.39 is 0 Å². The third-order valence-corrected chi connectivity index (χ3v) is 2.81. The molecule has 0 saturated carbocycles. The van der Waals surface area contributed by atoms with Crippen LogP contribution in [0.1, 0.15) is 5.69 Å². The number of nitrogens with zero attached hydrogens (tertiary/aromatic N) is 3. The monoisotopic (exact) mass is 254 g/mol. The van der Waals surface area contributed by atoms with Gasteiger partial charge < -0.3 is 5.32 Å². The molecule has 0 spiro atoms. The van der Waals surface area contributed by atoms with E-state index in [-0.39, 0.29) is 0 Å². The molecule has 2 heterocycles. The van der Waals surface area contributed by atoms with Crippen molar-refractivity contribution in [2.45, 2.75) is 6.42 Å². The van der Waals surface area contributed by atoms with E-state index in [9.17, 15) is 0 Å². The molecule has 0 atom stereocenters. The van der Waals surface area contributed by atoms with E-state index in [4.69, 9.17) is 0 Å². The summed E-state index contributed by atoms with van der Waals surface area (Å²) in [4.78, 5) is 4.46. The van der Waals surface area contributed by atoms with Crippen molar-refractivity contribution in [3.63, 3.8) is 0 Å². The van der Waals surface area contributed by atoms with Crippen molar-refractivity contribution < 1.29 is 0 Å². The molecule has 4 nitrogen and oxygen atoms in total. The summed E-state index contributed by atoms with van der Waals surface area (Å²) in [5, 5.41) is 7.29. The van der Waals surface area contributed by atoms with Crippen molar-refractivity contribution in [1.82, 2.24) is 19.9 Å². The smallest absolute Gasteiger partial charge is 0.155 e. The quantitative estimate of drug-likeness (QED) is 0.897. The van der Waals surface area contributed by atoms with Crippen LogP contribution in [0.3, 0.4) is 0 Å². The number of likely N-dealkylation sites (N-methyl/N-ethyl adjacent to an activating group) is 1. The molecule has 5 heteroatoms. The lowest BCUT2D eigenvalue weighted by molar-refractivity contribution is 0.775. The number of aromatic nitrogens is 3. The average Bonchev–Trinajstić information content (AvgIpc) is 2.54. The number of fused-ring (bicyclic) bond motifs is 1. The Kier molecular flexibility index (Phi) is 2.79. The van der Waals surface area contributed by atoms with Crippen LogP contribution in [-0.4, -0.2) is 28.2 Å². The van der Waals surface area contributed by atoms with Crippen molar-refractivity contribution in [2.75, 3.05) is 13.6 Å². The Morgan fingerprint density at radius 2 is 2.43 bits per heavy atom. The van der Waals surface area contributed by atoms with Crippen LogP contribution in [0.2, 0.25) is 0 Å². The summed E-state index contributed by atoms with van der Waals surface area (Å²) in [6.45, 7) is 0.919. The molecule has 14 heavy (non-hydrogen) atoms. The van der Waals surface area contributed by atoms with E-state index in [0.717, 1.165) is 28.9 Å². The third-order valence-electron chi connectivity index (χ3n) is 2.02. The topological polar surface area (TPSA) is 42.2 Å². The van der Waals surface area contributed by atoms with Gasteiger partial charge in [-0.05, 0) is 35.1 Å². The second-order valence-corrected chi connectivity index (χ2v) is 3.75. The van der Waals surface area contributed by atoms with Crippen LogP contribution >= 0.6 is 15.9 Å². The number of nitrogens with one attached hydrogen (secondary N) is 1. The Bertz CT molecular complexity index is 437. The Labute approximate surface area is 90.5 Å². The Balaban J connectivity index is 2.41. The highest BCUT2D eigenvalue weighted by Crippen LogP contribution is 2.17. The zero-order chi connectivity index (χ0) is 9.97. The van der Waals surface area contributed by atoms with Gasteiger partial charge in [0.2, 0.25) is 0 Å². The molecular weight excluding hydrogens is 244 g/mol. The van der Waals surface area contributed by atoms with Gasteiger partial charge in [0.25, 0.3) is 0 Å². The number of rotatable bonds is 3. The zero-order valence-corrected chi connectivity index (χ0v) is 9.45. The lowest BCUT2D eigenvalue weighted by Crippen LogP contribution is -2.10. The predicted octanol–water partition coefficient (Wildman–Crippen LogP) is 1.25. The van der Waals surface area contributed by atoms with E-state index in [1.807, 2.05) is 19.2 Å². The van der Waals surface area contributed by atoms with Crippen LogP contribution in [0.15, 0.2) is 22.9 Å². The van der Waals surface area contributed by atoms with Crippen molar-refractivity contribution >= 4 is 21.6 Å². The number of hydrogen-bond acceptors (Lipinski definition) is 3. The summed E-state index contributed by atoms with van der Waals surface area (Å²) in [5.41, 5.74) is 1.92. The van der Waals surface area contributed by atoms with E-state index >= 15 is 0 Å². The first-order valence-corrected chi connectivity index (χ1v) is 5.25. The molecule has 0 radical (unpaired) electrons. The number of imidazole rings is 1. The lowest BCUT2D eigenvalue weighted by atomic mass is 10.3. The normalized spacial score (nSPS) is 11.0. The Morgan fingerprint density at radius 3 is 3.14 bits per heavy atom. The van der Waals surface area contributed by atoms with Crippen molar-refractivity contribution in [2.24, 2.45) is 0 Å². The molecule has 74 valence electrons. The van der Waals surface area contributed by atoms with Crippen LogP contribution in [0.4, 0.5) is 0 Å². The summed E-state index contributed by atoms with van der Waals surface area (Å²) in [5.74, 6) is 0. The summed E-state index contributed by atoms with van der Waals surface area (Å²) in [6.07, 6.45) is 2.65. The summed E-state index contributed by atoms with van der Waals surface area (Å²) < 4.78 is 2.74. The molecule has 2 aromatic heterocycles. The minimum atomic E-state index is 0.880. The minimum absolute atomic E-state index is 0.880. The van der Waals surface area contributed by atoms with Gasteiger partial charge in [0.15, 0.2) is 5.65 Å². The van der Waals surface area contributed by atoms with Gasteiger partial charge in [0.1, 0.15) is 4.60 Å². The van der Waals surface area contributed by atoms with E-state index in [2.05, 4.69) is 31.3 Å². The lowest BCUT2D eigenvalue weighted by Gasteiger charge is -1.95. The van der Waals surface area contributed by atoms with Crippen LogP contribution in [0.5, 0.6) is 0 Å². The Hall–Kier alpha value is -0.940. The molecule has 0 amide bonds. The molecule has 0 saturated heterocycles. The van der Waals surface area contributed by atoms with Crippen LogP contribution in [-0.2, 0) is 6.42 Å². The van der Waals surface area contributed by atoms with E-state index in [1.54, 1.807) is 10.7 Å². The van der Waals surface area contributed by atoms with Crippen LogP contribution in [0.25, 0.3) is 5.65 Å². The second kappa shape index (κ2) is 4.06. The van der Waals surface area contributed by atoms with Crippen LogP contribution in [0, 0.1) is 0 Å². The van der Waals surface area contributed by atoms with Gasteiger partial charge in [0, 0.05) is 19.2 Å². The van der Waals surface area contributed by atoms with Gasteiger partial charge in [-0.3, -0.25) is 0 Å². The zero-order valence-electron chi connectivity index (χ0n) is 7.87. The molecule has 0 aliphatic rings. The fourth-order valence-electron chi connectivity index (χ4n) is 1.31. The van der Waals surface area contributed by atoms with E-state index in [0.29, 0.717) is 0 Å². The first-order valence-electron chi connectivity index (χ1n) is 4.45. The molecule has 1 N–H and O–H groups in total. The van der Waals surface area contributed by atoms with Gasteiger partial charge in [-0.25, -0.2) is 9.50 Å². The highest BCUT2D eigenvalue weighted by molar-refractivity contribution is 9.10.